The van der Waals surface area contributed by atoms with Crippen molar-refractivity contribution in [1.82, 2.24) is 5.32 Å². The molecule has 0 radical (unpaired) electrons. The maximum atomic E-state index is 12.4. The van der Waals surface area contributed by atoms with Crippen molar-refractivity contribution >= 4 is 6.09 Å². The summed E-state index contributed by atoms with van der Waals surface area (Å²) in [5, 5.41) is 2.93. The van der Waals surface area contributed by atoms with Crippen LogP contribution in [0.2, 0.25) is 0 Å². The quantitative estimate of drug-likeness (QED) is 0.524. The monoisotopic (exact) mass is 395 g/mol. The van der Waals surface area contributed by atoms with E-state index in [1.165, 1.54) is 5.57 Å². The third-order valence-corrected chi connectivity index (χ3v) is 6.84. The second-order valence-electron chi connectivity index (χ2n) is 9.50. The van der Waals surface area contributed by atoms with Gasteiger partial charge in [-0.05, 0) is 52.9 Å². The predicted molar refractivity (Wildman–Crippen MR) is 107 cm³/mol. The minimum Gasteiger partial charge on any atom is -0.443 e. The zero-order valence-electron chi connectivity index (χ0n) is 18.4. The Morgan fingerprint density at radius 1 is 1.32 bits per heavy atom. The topological polar surface area (TPSA) is 72.6 Å². The first-order valence-corrected chi connectivity index (χ1v) is 10.6. The van der Waals surface area contributed by atoms with Crippen molar-refractivity contribution in [2.45, 2.75) is 96.4 Å². The standard InChI is InChI=1S/C22H37NO5/c1-13(2)8-9-17-21(6,28-17)19-18(25-7)16(10-11-22(19)12-26-22)27-20(24)23-15(5)14(3)4/h8,14-19H,9-12H2,1-7H3,(H,23,24)/t15-,16?,17+,18?,19?,21?,22-/m0/s1. The Bertz CT molecular complexity index is 610. The van der Waals surface area contributed by atoms with Crippen LogP contribution in [0.15, 0.2) is 11.6 Å². The average molecular weight is 396 g/mol. The van der Waals surface area contributed by atoms with E-state index in [4.69, 9.17) is 18.9 Å². The van der Waals surface area contributed by atoms with E-state index in [1.54, 1.807) is 7.11 Å². The van der Waals surface area contributed by atoms with E-state index < -0.39 is 0 Å². The lowest BCUT2D eigenvalue weighted by Crippen LogP contribution is -2.56. The largest absolute Gasteiger partial charge is 0.443 e. The number of allylic oxidation sites excluding steroid dienone is 1. The van der Waals surface area contributed by atoms with Crippen LogP contribution in [-0.4, -0.2) is 55.4 Å². The summed E-state index contributed by atoms with van der Waals surface area (Å²) >= 11 is 0. The molecule has 0 aromatic rings. The van der Waals surface area contributed by atoms with E-state index in [0.29, 0.717) is 5.92 Å². The highest BCUT2D eigenvalue weighted by Gasteiger charge is 2.72. The number of alkyl carbamates (subject to hydrolysis) is 1. The molecule has 7 atom stereocenters. The Balaban J connectivity index is 1.71. The van der Waals surface area contributed by atoms with E-state index in [-0.39, 0.29) is 47.6 Å². The molecule has 1 spiro atoms. The molecule has 1 aliphatic carbocycles. The maximum Gasteiger partial charge on any atom is 0.407 e. The molecule has 160 valence electrons. The highest BCUT2D eigenvalue weighted by molar-refractivity contribution is 5.67. The predicted octanol–water partition coefficient (Wildman–Crippen LogP) is 3.83. The van der Waals surface area contributed by atoms with Gasteiger partial charge in [-0.2, -0.15) is 0 Å². The van der Waals surface area contributed by atoms with Crippen LogP contribution in [0.5, 0.6) is 0 Å². The number of hydrogen-bond donors (Lipinski definition) is 1. The Morgan fingerprint density at radius 3 is 2.54 bits per heavy atom. The normalized spacial score (nSPS) is 40.1. The molecule has 3 rings (SSSR count). The lowest BCUT2D eigenvalue weighted by atomic mass is 9.68. The van der Waals surface area contributed by atoms with Gasteiger partial charge in [0.15, 0.2) is 0 Å². The van der Waals surface area contributed by atoms with Crippen molar-refractivity contribution in [3.63, 3.8) is 0 Å². The van der Waals surface area contributed by atoms with Crippen molar-refractivity contribution in [2.75, 3.05) is 13.7 Å². The lowest BCUT2D eigenvalue weighted by molar-refractivity contribution is -0.118. The van der Waals surface area contributed by atoms with Gasteiger partial charge in [-0.25, -0.2) is 4.79 Å². The summed E-state index contributed by atoms with van der Waals surface area (Å²) < 4.78 is 23.9. The number of rotatable bonds is 7. The molecule has 1 amide bonds. The number of carbonyl (C=O) groups is 1. The lowest BCUT2D eigenvalue weighted by Gasteiger charge is -2.42. The Kier molecular flexibility index (Phi) is 6.14. The number of nitrogens with one attached hydrogen (secondary N) is 1. The second-order valence-corrected chi connectivity index (χ2v) is 9.50. The van der Waals surface area contributed by atoms with Crippen LogP contribution in [0.4, 0.5) is 4.79 Å². The smallest absolute Gasteiger partial charge is 0.407 e. The third kappa shape index (κ3) is 4.24. The molecule has 2 heterocycles. The number of epoxide rings is 2. The Hall–Kier alpha value is -1.11. The number of carbonyl (C=O) groups excluding carboxylic acids is 1. The van der Waals surface area contributed by atoms with E-state index in [1.807, 2.05) is 6.92 Å². The van der Waals surface area contributed by atoms with Gasteiger partial charge < -0.3 is 24.3 Å². The van der Waals surface area contributed by atoms with Gasteiger partial charge in [0.05, 0.1) is 18.6 Å². The van der Waals surface area contributed by atoms with Gasteiger partial charge >= 0.3 is 6.09 Å². The number of ether oxygens (including phenoxy) is 4. The molecule has 6 heteroatoms. The van der Waals surface area contributed by atoms with Crippen LogP contribution < -0.4 is 5.32 Å². The molecule has 0 aromatic heterocycles. The second kappa shape index (κ2) is 7.96. The third-order valence-electron chi connectivity index (χ3n) is 6.84. The minimum atomic E-state index is -0.373. The molecule has 6 nitrogen and oxygen atoms in total. The van der Waals surface area contributed by atoms with E-state index in [2.05, 4.69) is 46.0 Å². The molecule has 1 N–H and O–H groups in total. The minimum absolute atomic E-state index is 0.0506. The van der Waals surface area contributed by atoms with Crippen molar-refractivity contribution in [2.24, 2.45) is 11.8 Å². The molecule has 3 fully saturated rings. The summed E-state index contributed by atoms with van der Waals surface area (Å²) in [4.78, 5) is 12.4. The van der Waals surface area contributed by atoms with Gasteiger partial charge in [0, 0.05) is 13.2 Å². The van der Waals surface area contributed by atoms with E-state index in [0.717, 1.165) is 25.9 Å². The fraction of sp³-hybridized carbons (Fsp3) is 0.864. The van der Waals surface area contributed by atoms with Crippen LogP contribution in [0.25, 0.3) is 0 Å². The van der Waals surface area contributed by atoms with Gasteiger partial charge in [0.1, 0.15) is 23.4 Å². The van der Waals surface area contributed by atoms with E-state index in [9.17, 15) is 4.79 Å². The van der Waals surface area contributed by atoms with Gasteiger partial charge in [-0.15, -0.1) is 0 Å². The highest BCUT2D eigenvalue weighted by atomic mass is 16.6. The van der Waals surface area contributed by atoms with Crippen LogP contribution in [0.3, 0.4) is 0 Å². The van der Waals surface area contributed by atoms with Crippen LogP contribution in [-0.2, 0) is 18.9 Å². The van der Waals surface area contributed by atoms with Crippen LogP contribution in [0.1, 0.15) is 60.8 Å². The molecule has 0 bridgehead atoms. The molecule has 4 unspecified atom stereocenters. The first-order valence-electron chi connectivity index (χ1n) is 10.6. The van der Waals surface area contributed by atoms with Crippen molar-refractivity contribution in [3.8, 4) is 0 Å². The SMILES string of the molecule is COC1C(OC(=O)N[C@@H](C)C(C)C)CC[C@]2(CO2)C1C1(C)O[C@@H]1CC=C(C)C. The Morgan fingerprint density at radius 2 is 2.00 bits per heavy atom. The molecule has 2 saturated heterocycles. The average Bonchev–Trinajstić information content (AvgIpc) is 3.52. The molecular formula is C22H37NO5. The van der Waals surface area contributed by atoms with Gasteiger partial charge in [0.2, 0.25) is 0 Å². The summed E-state index contributed by atoms with van der Waals surface area (Å²) in [7, 11) is 1.70. The first-order chi connectivity index (χ1) is 13.1. The molecule has 2 aliphatic heterocycles. The van der Waals surface area contributed by atoms with Crippen LogP contribution >= 0.6 is 0 Å². The molecule has 0 aromatic carbocycles. The van der Waals surface area contributed by atoms with Gasteiger partial charge in [0.25, 0.3) is 0 Å². The molecule has 3 aliphatic rings. The van der Waals surface area contributed by atoms with Gasteiger partial charge in [-0.1, -0.05) is 25.5 Å². The fourth-order valence-electron chi connectivity index (χ4n) is 4.59. The van der Waals surface area contributed by atoms with Crippen molar-refractivity contribution in [3.05, 3.63) is 11.6 Å². The molecular weight excluding hydrogens is 358 g/mol. The summed E-state index contributed by atoms with van der Waals surface area (Å²) in [6.45, 7) is 13.2. The van der Waals surface area contributed by atoms with Crippen molar-refractivity contribution in [1.29, 1.82) is 0 Å². The Labute approximate surface area is 169 Å². The van der Waals surface area contributed by atoms with Crippen LogP contribution in [0, 0.1) is 11.8 Å². The number of amides is 1. The number of methoxy groups -OCH3 is 1. The first kappa shape index (κ1) is 21.6. The summed E-state index contributed by atoms with van der Waals surface area (Å²) in [5.74, 6) is 0.400. The summed E-state index contributed by atoms with van der Waals surface area (Å²) in [6, 6.07) is 0.0590. The van der Waals surface area contributed by atoms with E-state index >= 15 is 0 Å². The maximum absolute atomic E-state index is 12.4. The fourth-order valence-corrected chi connectivity index (χ4v) is 4.59. The molecule has 1 saturated carbocycles. The summed E-state index contributed by atoms with van der Waals surface area (Å²) in [5.41, 5.74) is 0.781. The number of hydrogen-bond acceptors (Lipinski definition) is 5. The summed E-state index contributed by atoms with van der Waals surface area (Å²) in [6.07, 6.45) is 3.96. The zero-order chi connectivity index (χ0) is 20.7. The van der Waals surface area contributed by atoms with Crippen molar-refractivity contribution < 1.29 is 23.7 Å². The molecule has 28 heavy (non-hydrogen) atoms. The zero-order valence-corrected chi connectivity index (χ0v) is 18.4. The highest BCUT2D eigenvalue weighted by Crippen LogP contribution is 2.59. The van der Waals surface area contributed by atoms with Gasteiger partial charge in [-0.3, -0.25) is 0 Å².